The van der Waals surface area contributed by atoms with E-state index in [9.17, 15) is 0 Å². The first-order chi connectivity index (χ1) is 2.41. The summed E-state index contributed by atoms with van der Waals surface area (Å²) in [7, 11) is 0. The topological polar surface area (TPSA) is 9.23 Å². The summed E-state index contributed by atoms with van der Waals surface area (Å²) in [6.07, 6.45) is 0. The maximum absolute atomic E-state index is 4.83. The normalized spacial score (nSPS) is 7.00. The van der Waals surface area contributed by atoms with Gasteiger partial charge in [0.2, 0.25) is 0 Å². The van der Waals surface area contributed by atoms with Gasteiger partial charge in [0.15, 0.2) is 0 Å². The lowest BCUT2D eigenvalue weighted by molar-refractivity contribution is 0.162. The molecule has 0 atom stereocenters. The van der Waals surface area contributed by atoms with E-state index in [1.807, 2.05) is 13.8 Å². The molecule has 0 aromatic carbocycles. The van der Waals surface area contributed by atoms with Gasteiger partial charge in [-0.3, -0.25) is 0 Å². The van der Waals surface area contributed by atoms with Crippen LogP contribution < -0.4 is 0 Å². The van der Waals surface area contributed by atoms with Gasteiger partial charge in [0.05, 0.1) is 0 Å². The third-order valence-corrected chi connectivity index (χ3v) is 0.408. The fourth-order valence-electron chi connectivity index (χ4n) is 0.204. The second kappa shape index (κ2) is 8.95. The minimum atomic E-state index is 0. The SMILES string of the molecule is CCOCC.[SiH4]. The van der Waals surface area contributed by atoms with E-state index in [1.165, 1.54) is 0 Å². The molecule has 0 aromatic rings. The average Bonchev–Trinajstić information content (AvgIpc) is 1.41. The van der Waals surface area contributed by atoms with Gasteiger partial charge < -0.3 is 4.74 Å². The largest absolute Gasteiger partial charge is 0.382 e. The van der Waals surface area contributed by atoms with Gasteiger partial charge in [-0.05, 0) is 24.8 Å². The molecule has 0 aromatic heterocycles. The van der Waals surface area contributed by atoms with Gasteiger partial charge in [-0.15, -0.1) is 0 Å². The molecule has 6 heavy (non-hydrogen) atoms. The summed E-state index contributed by atoms with van der Waals surface area (Å²) < 4.78 is 4.83. The maximum atomic E-state index is 4.83. The zero-order valence-corrected chi connectivity index (χ0v) is 3.82. The average molecular weight is 106 g/mol. The van der Waals surface area contributed by atoms with Crippen LogP contribution in [0.25, 0.3) is 0 Å². The minimum Gasteiger partial charge on any atom is -0.382 e. The molecule has 0 saturated carbocycles. The highest BCUT2D eigenvalue weighted by Gasteiger charge is 1.64. The van der Waals surface area contributed by atoms with Crippen LogP contribution in [0.3, 0.4) is 0 Å². The number of hydrogen-bond acceptors (Lipinski definition) is 1. The summed E-state index contributed by atoms with van der Waals surface area (Å²) in [5.74, 6) is 0. The van der Waals surface area contributed by atoms with Crippen molar-refractivity contribution in [3.8, 4) is 0 Å². The molecule has 0 saturated heterocycles. The van der Waals surface area contributed by atoms with E-state index in [2.05, 4.69) is 0 Å². The van der Waals surface area contributed by atoms with E-state index in [4.69, 9.17) is 4.74 Å². The van der Waals surface area contributed by atoms with Crippen molar-refractivity contribution in [2.75, 3.05) is 13.2 Å². The smallest absolute Gasteiger partial charge is 0.0437 e. The monoisotopic (exact) mass is 106 g/mol. The third kappa shape index (κ3) is 8.90. The molecule has 0 fully saturated rings. The Morgan fingerprint density at radius 1 is 1.17 bits per heavy atom. The molecule has 0 spiro atoms. The molecule has 0 radical (unpaired) electrons. The molecule has 0 N–H and O–H groups in total. The van der Waals surface area contributed by atoms with E-state index >= 15 is 0 Å². The standard InChI is InChI=1S/C4H10O.H4Si/c1-3-5-4-2;/h3-4H2,1-2H3;1H4. The zero-order chi connectivity index (χ0) is 4.12. The molecule has 0 aliphatic heterocycles. The van der Waals surface area contributed by atoms with Crippen LogP contribution in [-0.2, 0) is 4.74 Å². The lowest BCUT2D eigenvalue weighted by Gasteiger charge is -1.86. The second-order valence-electron chi connectivity index (χ2n) is 0.781. The van der Waals surface area contributed by atoms with Crippen molar-refractivity contribution >= 4 is 11.0 Å². The van der Waals surface area contributed by atoms with E-state index in [-0.39, 0.29) is 11.0 Å². The van der Waals surface area contributed by atoms with E-state index < -0.39 is 0 Å². The Morgan fingerprint density at radius 3 is 1.50 bits per heavy atom. The van der Waals surface area contributed by atoms with Crippen molar-refractivity contribution in [1.82, 2.24) is 0 Å². The van der Waals surface area contributed by atoms with E-state index in [0.717, 1.165) is 13.2 Å². The van der Waals surface area contributed by atoms with Crippen molar-refractivity contribution < 1.29 is 4.74 Å². The van der Waals surface area contributed by atoms with Crippen LogP contribution in [0, 0.1) is 0 Å². The van der Waals surface area contributed by atoms with Crippen molar-refractivity contribution in [3.05, 3.63) is 0 Å². The highest BCUT2D eigenvalue weighted by Crippen LogP contribution is 1.64. The quantitative estimate of drug-likeness (QED) is 0.435. The first-order valence-electron chi connectivity index (χ1n) is 1.99. The first kappa shape index (κ1) is 9.49. The molecular weight excluding hydrogens is 92.1 g/mol. The zero-order valence-electron chi connectivity index (χ0n) is 3.82. The van der Waals surface area contributed by atoms with Gasteiger partial charge in [0.1, 0.15) is 0 Å². The lowest BCUT2D eigenvalue weighted by atomic mass is 10.8. The van der Waals surface area contributed by atoms with Crippen molar-refractivity contribution in [1.29, 1.82) is 0 Å². The summed E-state index contributed by atoms with van der Waals surface area (Å²) >= 11 is 0. The van der Waals surface area contributed by atoms with Crippen LogP contribution in [0.4, 0.5) is 0 Å². The molecule has 1 nitrogen and oxygen atoms in total. The van der Waals surface area contributed by atoms with Gasteiger partial charge >= 0.3 is 0 Å². The Hall–Kier alpha value is 0.177. The lowest BCUT2D eigenvalue weighted by Crippen LogP contribution is -1.84. The Balaban J connectivity index is 0. The molecule has 40 valence electrons. The van der Waals surface area contributed by atoms with Crippen LogP contribution in [0.5, 0.6) is 0 Å². The number of hydrogen-bond donors (Lipinski definition) is 0. The number of ether oxygens (including phenoxy) is 1. The Kier molecular flexibility index (Phi) is 14.2. The van der Waals surface area contributed by atoms with Gasteiger partial charge in [-0.1, -0.05) is 0 Å². The third-order valence-electron chi connectivity index (χ3n) is 0.408. The van der Waals surface area contributed by atoms with Crippen LogP contribution >= 0.6 is 0 Å². The Morgan fingerprint density at radius 2 is 1.50 bits per heavy atom. The second-order valence-corrected chi connectivity index (χ2v) is 0.781. The molecule has 0 rings (SSSR count). The summed E-state index contributed by atoms with van der Waals surface area (Å²) in [6, 6.07) is 0. The molecule has 0 bridgehead atoms. The summed E-state index contributed by atoms with van der Waals surface area (Å²) in [5, 5.41) is 0. The fraction of sp³-hybridized carbons (Fsp3) is 1.00. The summed E-state index contributed by atoms with van der Waals surface area (Å²) in [5.41, 5.74) is 0. The van der Waals surface area contributed by atoms with Gasteiger partial charge in [0.25, 0.3) is 0 Å². The molecule has 0 amide bonds. The molecule has 2 heteroatoms. The van der Waals surface area contributed by atoms with Gasteiger partial charge in [-0.25, -0.2) is 0 Å². The number of rotatable bonds is 2. The highest BCUT2D eigenvalue weighted by atomic mass is 28.1. The van der Waals surface area contributed by atoms with Gasteiger partial charge in [0, 0.05) is 13.2 Å². The van der Waals surface area contributed by atoms with Crippen LogP contribution in [-0.4, -0.2) is 24.2 Å². The van der Waals surface area contributed by atoms with Crippen LogP contribution in [0.1, 0.15) is 13.8 Å². The van der Waals surface area contributed by atoms with E-state index in [1.54, 1.807) is 0 Å². The Bertz CT molecular complexity index is 15.0. The predicted molar refractivity (Wildman–Crippen MR) is 33.5 cm³/mol. The molecule has 0 unspecified atom stereocenters. The van der Waals surface area contributed by atoms with Gasteiger partial charge in [-0.2, -0.15) is 0 Å². The highest BCUT2D eigenvalue weighted by molar-refractivity contribution is 5.75. The molecule has 0 heterocycles. The fourth-order valence-corrected chi connectivity index (χ4v) is 0.204. The van der Waals surface area contributed by atoms with Crippen molar-refractivity contribution in [2.24, 2.45) is 0 Å². The molecule has 0 aliphatic carbocycles. The summed E-state index contributed by atoms with van der Waals surface area (Å²) in [4.78, 5) is 0. The van der Waals surface area contributed by atoms with E-state index in [0.29, 0.717) is 0 Å². The predicted octanol–water partition coefficient (Wildman–Crippen LogP) is -0.409. The molecular formula is C4H14OSi. The van der Waals surface area contributed by atoms with Crippen LogP contribution in [0.15, 0.2) is 0 Å². The Labute approximate surface area is 43.7 Å². The maximum Gasteiger partial charge on any atom is 0.0437 e. The van der Waals surface area contributed by atoms with Crippen molar-refractivity contribution in [3.63, 3.8) is 0 Å². The first-order valence-corrected chi connectivity index (χ1v) is 1.99. The van der Waals surface area contributed by atoms with Crippen LogP contribution in [0.2, 0.25) is 0 Å². The van der Waals surface area contributed by atoms with Crippen molar-refractivity contribution in [2.45, 2.75) is 13.8 Å². The minimum absolute atomic E-state index is 0. The molecule has 0 aliphatic rings. The summed E-state index contributed by atoms with van der Waals surface area (Å²) in [6.45, 7) is 5.67.